The molecule has 2 rings (SSSR count). The molecule has 2 aromatic rings. The third kappa shape index (κ3) is 3.48. The molecule has 0 radical (unpaired) electrons. The van der Waals surface area contributed by atoms with Crippen LogP contribution in [0.15, 0.2) is 30.5 Å². The lowest BCUT2D eigenvalue weighted by atomic mass is 10.1. The quantitative estimate of drug-likeness (QED) is 0.883. The molecule has 0 saturated heterocycles. The highest BCUT2D eigenvalue weighted by atomic mass is 16.5. The number of hydrogen-bond donors (Lipinski definition) is 1. The second-order valence-electron chi connectivity index (χ2n) is 4.32. The van der Waals surface area contributed by atoms with Crippen molar-refractivity contribution in [2.75, 3.05) is 7.11 Å². The van der Waals surface area contributed by atoms with Crippen molar-refractivity contribution in [1.82, 2.24) is 15.2 Å². The molecular weight excluding hydrogens is 240 g/mol. The molecule has 100 valence electrons. The summed E-state index contributed by atoms with van der Waals surface area (Å²) in [5.74, 6) is 0.487. The molecule has 19 heavy (non-hydrogen) atoms. The monoisotopic (exact) mass is 258 g/mol. The van der Waals surface area contributed by atoms with E-state index >= 15 is 0 Å². The summed E-state index contributed by atoms with van der Waals surface area (Å²) in [5, 5.41) is 7.97. The molecule has 1 unspecified atom stereocenters. The Morgan fingerprint density at radius 3 is 2.58 bits per heavy atom. The van der Waals surface area contributed by atoms with Gasteiger partial charge >= 0.3 is 0 Å². The topological polar surface area (TPSA) is 73.9 Å². The van der Waals surface area contributed by atoms with Gasteiger partial charge in [0.15, 0.2) is 0 Å². The van der Waals surface area contributed by atoms with Gasteiger partial charge in [0.1, 0.15) is 0 Å². The van der Waals surface area contributed by atoms with E-state index in [9.17, 15) is 0 Å². The van der Waals surface area contributed by atoms with Gasteiger partial charge in [-0.2, -0.15) is 5.10 Å². The molecule has 0 aliphatic heterocycles. The Balaban J connectivity index is 2.04. The minimum Gasteiger partial charge on any atom is -0.480 e. The van der Waals surface area contributed by atoms with Gasteiger partial charge in [-0.05, 0) is 24.1 Å². The Bertz CT molecular complexity index is 510. The summed E-state index contributed by atoms with van der Waals surface area (Å²) in [6, 6.07) is 7.47. The van der Waals surface area contributed by atoms with E-state index in [1.807, 2.05) is 18.3 Å². The van der Waals surface area contributed by atoms with Crippen LogP contribution in [0.5, 0.6) is 5.88 Å². The number of rotatable bonds is 5. The summed E-state index contributed by atoms with van der Waals surface area (Å²) in [7, 11) is 1.56. The second kappa shape index (κ2) is 6.24. The van der Waals surface area contributed by atoms with Crippen LogP contribution in [-0.2, 0) is 12.8 Å². The van der Waals surface area contributed by atoms with E-state index in [0.29, 0.717) is 12.3 Å². The van der Waals surface area contributed by atoms with Gasteiger partial charge in [-0.3, -0.25) is 4.98 Å². The number of pyridine rings is 1. The van der Waals surface area contributed by atoms with Gasteiger partial charge in [-0.1, -0.05) is 13.0 Å². The number of nitrogens with two attached hydrogens (primary N) is 1. The first-order valence-electron chi connectivity index (χ1n) is 6.30. The van der Waals surface area contributed by atoms with E-state index in [-0.39, 0.29) is 6.04 Å². The average molecular weight is 258 g/mol. The van der Waals surface area contributed by atoms with Crippen molar-refractivity contribution in [1.29, 1.82) is 0 Å². The summed E-state index contributed by atoms with van der Waals surface area (Å²) in [6.45, 7) is 2.11. The van der Waals surface area contributed by atoms with Crippen molar-refractivity contribution in [2.24, 2.45) is 5.73 Å². The molecule has 0 saturated carbocycles. The van der Waals surface area contributed by atoms with Crippen LogP contribution in [0.2, 0.25) is 0 Å². The van der Waals surface area contributed by atoms with E-state index in [1.165, 1.54) is 5.56 Å². The number of ether oxygens (including phenoxy) is 1. The average Bonchev–Trinajstić information content (AvgIpc) is 2.48. The van der Waals surface area contributed by atoms with Gasteiger partial charge in [0.05, 0.1) is 18.8 Å². The Morgan fingerprint density at radius 1 is 1.21 bits per heavy atom. The fourth-order valence-electron chi connectivity index (χ4n) is 1.75. The molecular formula is C14H18N4O. The molecule has 0 bridgehead atoms. The number of nitrogens with zero attached hydrogens (tertiary/aromatic N) is 3. The largest absolute Gasteiger partial charge is 0.480 e. The van der Waals surface area contributed by atoms with Crippen LogP contribution >= 0.6 is 0 Å². The van der Waals surface area contributed by atoms with E-state index in [1.54, 1.807) is 13.2 Å². The highest BCUT2D eigenvalue weighted by Crippen LogP contribution is 2.14. The van der Waals surface area contributed by atoms with Crippen molar-refractivity contribution < 1.29 is 4.74 Å². The fourth-order valence-corrected chi connectivity index (χ4v) is 1.75. The Kier molecular flexibility index (Phi) is 4.41. The summed E-state index contributed by atoms with van der Waals surface area (Å²) in [5.41, 5.74) is 9.03. The molecule has 2 heterocycles. The third-order valence-electron chi connectivity index (χ3n) is 2.97. The SMILES string of the molecule is CCc1ccc(CC(N)c2ccc(OC)nn2)nc1. The molecule has 5 nitrogen and oxygen atoms in total. The van der Waals surface area contributed by atoms with Crippen molar-refractivity contribution in [3.05, 3.63) is 47.4 Å². The molecule has 0 amide bonds. The Hall–Kier alpha value is -2.01. The second-order valence-corrected chi connectivity index (χ2v) is 4.32. The van der Waals surface area contributed by atoms with Crippen LogP contribution in [0, 0.1) is 0 Å². The van der Waals surface area contributed by atoms with Gasteiger partial charge in [0.2, 0.25) is 5.88 Å². The van der Waals surface area contributed by atoms with E-state index < -0.39 is 0 Å². The predicted molar refractivity (Wildman–Crippen MR) is 72.8 cm³/mol. The van der Waals surface area contributed by atoms with Crippen LogP contribution in [0.3, 0.4) is 0 Å². The third-order valence-corrected chi connectivity index (χ3v) is 2.97. The summed E-state index contributed by atoms with van der Waals surface area (Å²) in [6.07, 6.45) is 3.52. The molecule has 2 aromatic heterocycles. The smallest absolute Gasteiger partial charge is 0.233 e. The molecule has 5 heteroatoms. The lowest BCUT2D eigenvalue weighted by molar-refractivity contribution is 0.390. The fraction of sp³-hybridized carbons (Fsp3) is 0.357. The molecule has 0 fully saturated rings. The molecule has 0 aliphatic carbocycles. The maximum absolute atomic E-state index is 6.11. The maximum Gasteiger partial charge on any atom is 0.233 e. The van der Waals surface area contributed by atoms with Crippen LogP contribution in [-0.4, -0.2) is 22.3 Å². The van der Waals surface area contributed by atoms with Crippen LogP contribution in [0.1, 0.15) is 29.9 Å². The molecule has 0 aliphatic rings. The molecule has 0 spiro atoms. The van der Waals surface area contributed by atoms with Gasteiger partial charge in [-0.15, -0.1) is 5.10 Å². The first-order chi connectivity index (χ1) is 9.22. The van der Waals surface area contributed by atoms with E-state index in [4.69, 9.17) is 10.5 Å². The molecule has 1 atom stereocenters. The van der Waals surface area contributed by atoms with Crippen molar-refractivity contribution in [3.63, 3.8) is 0 Å². The predicted octanol–water partition coefficient (Wildman–Crippen LogP) is 1.69. The van der Waals surface area contributed by atoms with E-state index in [2.05, 4.69) is 28.2 Å². The molecule has 2 N–H and O–H groups in total. The Morgan fingerprint density at radius 2 is 2.05 bits per heavy atom. The van der Waals surface area contributed by atoms with Gasteiger partial charge in [0.25, 0.3) is 0 Å². The summed E-state index contributed by atoms with van der Waals surface area (Å²) >= 11 is 0. The zero-order chi connectivity index (χ0) is 13.7. The lowest BCUT2D eigenvalue weighted by Gasteiger charge is -2.10. The summed E-state index contributed by atoms with van der Waals surface area (Å²) in [4.78, 5) is 4.40. The zero-order valence-electron chi connectivity index (χ0n) is 11.2. The van der Waals surface area contributed by atoms with Crippen molar-refractivity contribution in [2.45, 2.75) is 25.8 Å². The van der Waals surface area contributed by atoms with Crippen LogP contribution in [0.25, 0.3) is 0 Å². The zero-order valence-corrected chi connectivity index (χ0v) is 11.2. The Labute approximate surface area is 112 Å². The number of methoxy groups -OCH3 is 1. The number of aryl methyl sites for hydroxylation is 1. The lowest BCUT2D eigenvalue weighted by Crippen LogP contribution is -2.16. The minimum atomic E-state index is -0.210. The normalized spacial score (nSPS) is 12.2. The highest BCUT2D eigenvalue weighted by Gasteiger charge is 2.10. The first-order valence-corrected chi connectivity index (χ1v) is 6.30. The molecule has 0 aromatic carbocycles. The number of aromatic nitrogens is 3. The van der Waals surface area contributed by atoms with Gasteiger partial charge in [-0.25, -0.2) is 0 Å². The van der Waals surface area contributed by atoms with Crippen molar-refractivity contribution >= 4 is 0 Å². The van der Waals surface area contributed by atoms with Crippen LogP contribution in [0.4, 0.5) is 0 Å². The number of hydrogen-bond acceptors (Lipinski definition) is 5. The highest BCUT2D eigenvalue weighted by molar-refractivity contribution is 5.18. The first kappa shape index (κ1) is 13.4. The van der Waals surface area contributed by atoms with Gasteiger partial charge in [0, 0.05) is 24.4 Å². The maximum atomic E-state index is 6.11. The van der Waals surface area contributed by atoms with Crippen LogP contribution < -0.4 is 10.5 Å². The summed E-state index contributed by atoms with van der Waals surface area (Å²) < 4.78 is 4.97. The minimum absolute atomic E-state index is 0.210. The van der Waals surface area contributed by atoms with Crippen molar-refractivity contribution in [3.8, 4) is 5.88 Å². The van der Waals surface area contributed by atoms with E-state index in [0.717, 1.165) is 17.8 Å². The standard InChI is InChI=1S/C14H18N4O/c1-3-10-4-5-11(16-9-10)8-12(15)13-6-7-14(19-2)18-17-13/h4-7,9,12H,3,8,15H2,1-2H3. The van der Waals surface area contributed by atoms with Gasteiger partial charge < -0.3 is 10.5 Å².